The first-order chi connectivity index (χ1) is 13.2. The van der Waals surface area contributed by atoms with Gasteiger partial charge in [0.05, 0.1) is 11.9 Å². The van der Waals surface area contributed by atoms with E-state index in [1.54, 1.807) is 41.0 Å². The molecule has 2 amide bonds. The largest absolute Gasteiger partial charge is 0.323 e. The minimum Gasteiger partial charge on any atom is -0.308 e. The molecule has 4 aromatic rings. The molecule has 2 aromatic heterocycles. The first kappa shape index (κ1) is 17.1. The summed E-state index contributed by atoms with van der Waals surface area (Å²) in [5, 5.41) is 10.6. The third-order valence-electron chi connectivity index (χ3n) is 3.92. The zero-order valence-electron chi connectivity index (χ0n) is 14.3. The predicted molar refractivity (Wildman–Crippen MR) is 106 cm³/mol. The number of carbonyl (C=O) groups is 1. The Kier molecular flexibility index (Phi) is 4.72. The normalized spacial score (nSPS) is 10.7. The van der Waals surface area contributed by atoms with Gasteiger partial charge >= 0.3 is 6.03 Å². The van der Waals surface area contributed by atoms with Crippen LogP contribution in [0, 0.1) is 0 Å². The molecule has 0 atom stereocenters. The number of anilines is 2. The van der Waals surface area contributed by atoms with Gasteiger partial charge in [-0.1, -0.05) is 48.0 Å². The van der Waals surface area contributed by atoms with Gasteiger partial charge < -0.3 is 10.6 Å². The van der Waals surface area contributed by atoms with Crippen LogP contribution in [0.4, 0.5) is 16.2 Å². The second kappa shape index (κ2) is 7.47. The number of amides is 2. The smallest absolute Gasteiger partial charge is 0.308 e. The maximum Gasteiger partial charge on any atom is 0.323 e. The molecule has 0 saturated carbocycles. The van der Waals surface area contributed by atoms with Crippen molar-refractivity contribution >= 4 is 34.7 Å². The van der Waals surface area contributed by atoms with Crippen molar-refractivity contribution in [2.24, 2.45) is 0 Å². The van der Waals surface area contributed by atoms with Gasteiger partial charge in [-0.3, -0.25) is 0 Å². The fraction of sp³-hybridized carbons (Fsp3) is 0.0500. The van der Waals surface area contributed by atoms with E-state index in [-0.39, 0.29) is 6.03 Å². The number of benzene rings is 2. The van der Waals surface area contributed by atoms with Crippen LogP contribution < -0.4 is 10.6 Å². The lowest BCUT2D eigenvalue weighted by Gasteiger charge is -2.07. The highest BCUT2D eigenvalue weighted by Crippen LogP contribution is 2.16. The van der Waals surface area contributed by atoms with Crippen LogP contribution >= 0.6 is 11.6 Å². The average molecular weight is 378 g/mol. The lowest BCUT2D eigenvalue weighted by Crippen LogP contribution is -2.19. The summed E-state index contributed by atoms with van der Waals surface area (Å²) >= 11 is 5.92. The first-order valence-electron chi connectivity index (χ1n) is 8.38. The summed E-state index contributed by atoms with van der Waals surface area (Å²) in [5.74, 6) is 0.724. The molecule has 2 aromatic carbocycles. The van der Waals surface area contributed by atoms with E-state index in [0.717, 1.165) is 17.0 Å². The van der Waals surface area contributed by atoms with Crippen molar-refractivity contribution in [2.75, 3.05) is 10.6 Å². The molecule has 0 spiro atoms. The minimum absolute atomic E-state index is 0.360. The van der Waals surface area contributed by atoms with Crippen LogP contribution in [0.3, 0.4) is 0 Å². The highest BCUT2D eigenvalue weighted by Gasteiger charge is 2.08. The summed E-state index contributed by atoms with van der Waals surface area (Å²) in [4.78, 5) is 16.7. The number of pyridine rings is 1. The van der Waals surface area contributed by atoms with E-state index in [0.29, 0.717) is 22.8 Å². The molecule has 2 heterocycles. The van der Waals surface area contributed by atoms with Gasteiger partial charge in [-0.2, -0.15) is 5.10 Å². The first-order valence-corrected chi connectivity index (χ1v) is 8.76. The SMILES string of the molecule is O=C(Nc1cccc(Cl)c1)Nc1ccc2nc(Cc3ccccc3)nn2c1. The zero-order valence-corrected chi connectivity index (χ0v) is 15.0. The lowest BCUT2D eigenvalue weighted by molar-refractivity contribution is 0.262. The molecule has 6 nitrogen and oxygen atoms in total. The summed E-state index contributed by atoms with van der Waals surface area (Å²) in [5.41, 5.74) is 3.10. The van der Waals surface area contributed by atoms with Gasteiger partial charge in [-0.25, -0.2) is 14.3 Å². The molecule has 4 rings (SSSR count). The summed E-state index contributed by atoms with van der Waals surface area (Å²) in [7, 11) is 0. The zero-order chi connectivity index (χ0) is 18.6. The van der Waals surface area contributed by atoms with Crippen LogP contribution in [0.15, 0.2) is 72.9 Å². The van der Waals surface area contributed by atoms with E-state index in [9.17, 15) is 4.79 Å². The number of aromatic nitrogens is 3. The molecule has 0 aliphatic rings. The van der Waals surface area contributed by atoms with Crippen molar-refractivity contribution in [3.8, 4) is 0 Å². The molecule has 0 aliphatic carbocycles. The van der Waals surface area contributed by atoms with Gasteiger partial charge in [-0.15, -0.1) is 0 Å². The van der Waals surface area contributed by atoms with E-state index in [1.165, 1.54) is 0 Å². The van der Waals surface area contributed by atoms with E-state index in [1.807, 2.05) is 36.4 Å². The van der Waals surface area contributed by atoms with Gasteiger partial charge in [0.2, 0.25) is 0 Å². The molecule has 134 valence electrons. The number of fused-ring (bicyclic) bond motifs is 1. The standard InChI is InChI=1S/C20H16ClN5O/c21-15-7-4-8-16(12-15)22-20(27)23-17-9-10-19-24-18(25-26(19)13-17)11-14-5-2-1-3-6-14/h1-10,12-13H,11H2,(H2,22,23,27). The summed E-state index contributed by atoms with van der Waals surface area (Å²) < 4.78 is 1.66. The van der Waals surface area contributed by atoms with Crippen molar-refractivity contribution in [1.82, 2.24) is 14.6 Å². The second-order valence-corrected chi connectivity index (χ2v) is 6.44. The number of carbonyl (C=O) groups excluding carboxylic acids is 1. The van der Waals surface area contributed by atoms with E-state index < -0.39 is 0 Å². The number of hydrogen-bond acceptors (Lipinski definition) is 3. The highest BCUT2D eigenvalue weighted by molar-refractivity contribution is 6.30. The molecule has 0 unspecified atom stereocenters. The van der Waals surface area contributed by atoms with Crippen molar-refractivity contribution in [1.29, 1.82) is 0 Å². The summed E-state index contributed by atoms with van der Waals surface area (Å²) in [6, 6.07) is 20.2. The van der Waals surface area contributed by atoms with Gasteiger partial charge in [0.15, 0.2) is 11.5 Å². The van der Waals surface area contributed by atoms with Crippen molar-refractivity contribution in [3.05, 3.63) is 89.3 Å². The van der Waals surface area contributed by atoms with Gasteiger partial charge in [0, 0.05) is 17.1 Å². The maximum atomic E-state index is 12.2. The Morgan fingerprint density at radius 1 is 0.963 bits per heavy atom. The molecule has 27 heavy (non-hydrogen) atoms. The Balaban J connectivity index is 1.47. The molecule has 0 saturated heterocycles. The quantitative estimate of drug-likeness (QED) is 0.545. The maximum absolute atomic E-state index is 12.2. The van der Waals surface area contributed by atoms with Crippen molar-refractivity contribution in [2.45, 2.75) is 6.42 Å². The number of hydrogen-bond donors (Lipinski definition) is 2. The Morgan fingerprint density at radius 2 is 1.78 bits per heavy atom. The van der Waals surface area contributed by atoms with Crippen LogP contribution in [-0.2, 0) is 6.42 Å². The van der Waals surface area contributed by atoms with Crippen LogP contribution in [0.5, 0.6) is 0 Å². The molecule has 0 aliphatic heterocycles. The van der Waals surface area contributed by atoms with Crippen LogP contribution in [-0.4, -0.2) is 20.6 Å². The second-order valence-electron chi connectivity index (χ2n) is 6.00. The van der Waals surface area contributed by atoms with Crippen LogP contribution in [0.1, 0.15) is 11.4 Å². The highest BCUT2D eigenvalue weighted by atomic mass is 35.5. The van der Waals surface area contributed by atoms with Crippen molar-refractivity contribution < 1.29 is 4.79 Å². The monoisotopic (exact) mass is 377 g/mol. The molecule has 0 fully saturated rings. The molecular weight excluding hydrogens is 362 g/mol. The lowest BCUT2D eigenvalue weighted by atomic mass is 10.1. The third-order valence-corrected chi connectivity index (χ3v) is 4.16. The summed E-state index contributed by atoms with van der Waals surface area (Å²) in [6.45, 7) is 0. The number of urea groups is 1. The number of rotatable bonds is 4. The van der Waals surface area contributed by atoms with Gasteiger partial charge in [0.1, 0.15) is 0 Å². The Bertz CT molecular complexity index is 1090. The Hall–Kier alpha value is -3.38. The molecule has 2 N–H and O–H groups in total. The third kappa shape index (κ3) is 4.24. The van der Waals surface area contributed by atoms with Gasteiger partial charge in [-0.05, 0) is 35.9 Å². The average Bonchev–Trinajstić information content (AvgIpc) is 3.04. The molecule has 0 radical (unpaired) electrons. The number of nitrogens with zero attached hydrogens (tertiary/aromatic N) is 3. The van der Waals surface area contributed by atoms with E-state index >= 15 is 0 Å². The van der Waals surface area contributed by atoms with E-state index in [4.69, 9.17) is 11.6 Å². The minimum atomic E-state index is -0.360. The molecule has 0 bridgehead atoms. The topological polar surface area (TPSA) is 71.3 Å². The Labute approximate surface area is 160 Å². The number of nitrogens with one attached hydrogen (secondary N) is 2. The van der Waals surface area contributed by atoms with Crippen LogP contribution in [0.2, 0.25) is 5.02 Å². The van der Waals surface area contributed by atoms with Crippen molar-refractivity contribution in [3.63, 3.8) is 0 Å². The molecular formula is C20H16ClN5O. The van der Waals surface area contributed by atoms with Gasteiger partial charge in [0.25, 0.3) is 0 Å². The predicted octanol–water partition coefficient (Wildman–Crippen LogP) is 4.62. The Morgan fingerprint density at radius 3 is 2.59 bits per heavy atom. The number of halogens is 1. The fourth-order valence-corrected chi connectivity index (χ4v) is 2.91. The van der Waals surface area contributed by atoms with E-state index in [2.05, 4.69) is 20.7 Å². The fourth-order valence-electron chi connectivity index (χ4n) is 2.72. The van der Waals surface area contributed by atoms with Crippen LogP contribution in [0.25, 0.3) is 5.65 Å². The molecule has 7 heteroatoms. The summed E-state index contributed by atoms with van der Waals surface area (Å²) in [6.07, 6.45) is 2.38.